The first-order chi connectivity index (χ1) is 13.4. The molecule has 28 heavy (non-hydrogen) atoms. The molecule has 144 valence electrons. The van der Waals surface area contributed by atoms with E-state index in [2.05, 4.69) is 10.6 Å². The first kappa shape index (κ1) is 19.2. The molecule has 0 aliphatic heterocycles. The van der Waals surface area contributed by atoms with Gasteiger partial charge in [-0.2, -0.15) is 0 Å². The number of aryl methyl sites for hydroxylation is 2. The predicted octanol–water partition coefficient (Wildman–Crippen LogP) is 4.55. The van der Waals surface area contributed by atoms with Crippen LogP contribution in [0.2, 0.25) is 0 Å². The highest BCUT2D eigenvalue weighted by atomic mass is 16.5. The van der Waals surface area contributed by atoms with Crippen LogP contribution in [0.4, 0.5) is 11.4 Å². The molecule has 2 N–H and O–H groups in total. The molecule has 3 rings (SSSR count). The fraction of sp³-hybridized carbons (Fsp3) is 0.182. The van der Waals surface area contributed by atoms with Gasteiger partial charge in [-0.1, -0.05) is 24.3 Å². The fourth-order valence-corrected chi connectivity index (χ4v) is 2.73. The summed E-state index contributed by atoms with van der Waals surface area (Å²) in [4.78, 5) is 24.6. The summed E-state index contributed by atoms with van der Waals surface area (Å²) in [5.41, 5.74) is 3.05. The highest BCUT2D eigenvalue weighted by Gasteiger charge is 2.17. The Kier molecular flexibility index (Phi) is 5.79. The maximum atomic E-state index is 12.5. The third kappa shape index (κ3) is 4.59. The number of hydrogen-bond acceptors (Lipinski definition) is 4. The average Bonchev–Trinajstić information content (AvgIpc) is 3.20. The molecule has 0 aliphatic rings. The second-order valence-electron chi connectivity index (χ2n) is 6.48. The molecule has 0 saturated heterocycles. The number of carbonyl (C=O) groups excluding carboxylic acids is 2. The number of rotatable bonds is 6. The molecule has 0 bridgehead atoms. The fourth-order valence-electron chi connectivity index (χ4n) is 2.73. The van der Waals surface area contributed by atoms with Crippen molar-refractivity contribution < 1.29 is 18.7 Å². The first-order valence-corrected chi connectivity index (χ1v) is 8.92. The van der Waals surface area contributed by atoms with E-state index < -0.39 is 6.10 Å². The number of anilines is 2. The highest BCUT2D eigenvalue weighted by molar-refractivity contribution is 6.02. The van der Waals surface area contributed by atoms with Gasteiger partial charge in [-0.15, -0.1) is 0 Å². The lowest BCUT2D eigenvalue weighted by molar-refractivity contribution is -0.122. The van der Waals surface area contributed by atoms with Gasteiger partial charge in [0.25, 0.3) is 11.8 Å². The zero-order chi connectivity index (χ0) is 20.1. The number of nitrogens with one attached hydrogen (secondary N) is 2. The summed E-state index contributed by atoms with van der Waals surface area (Å²) >= 11 is 0. The molecule has 2 aromatic carbocycles. The monoisotopic (exact) mass is 378 g/mol. The Morgan fingerprint density at radius 3 is 2.21 bits per heavy atom. The van der Waals surface area contributed by atoms with E-state index in [1.807, 2.05) is 32.0 Å². The molecule has 0 radical (unpaired) electrons. The quantitative estimate of drug-likeness (QED) is 0.659. The molecule has 1 aromatic heterocycles. The van der Waals surface area contributed by atoms with Crippen molar-refractivity contribution in [1.29, 1.82) is 0 Å². The van der Waals surface area contributed by atoms with Crippen molar-refractivity contribution in [3.05, 3.63) is 77.7 Å². The molecule has 1 atom stereocenters. The Labute approximate surface area is 163 Å². The molecule has 1 heterocycles. The first-order valence-electron chi connectivity index (χ1n) is 8.92. The normalized spacial score (nSPS) is 11.5. The maximum absolute atomic E-state index is 12.5. The molecule has 0 fully saturated rings. The summed E-state index contributed by atoms with van der Waals surface area (Å²) in [5.74, 6) is 0.284. The summed E-state index contributed by atoms with van der Waals surface area (Å²) in [5, 5.41) is 5.54. The summed E-state index contributed by atoms with van der Waals surface area (Å²) in [6.45, 7) is 5.58. The number of carbonyl (C=O) groups is 2. The average molecular weight is 378 g/mol. The summed E-state index contributed by atoms with van der Waals surface area (Å²) in [7, 11) is 0. The molecule has 0 aliphatic carbocycles. The number of para-hydroxylation sites is 1. The van der Waals surface area contributed by atoms with Crippen LogP contribution in [-0.4, -0.2) is 17.9 Å². The number of hydrogen-bond donors (Lipinski definition) is 2. The van der Waals surface area contributed by atoms with E-state index in [0.29, 0.717) is 17.1 Å². The van der Waals surface area contributed by atoms with Crippen molar-refractivity contribution in [3.63, 3.8) is 0 Å². The highest BCUT2D eigenvalue weighted by Crippen LogP contribution is 2.24. The largest absolute Gasteiger partial charge is 0.480 e. The van der Waals surface area contributed by atoms with Crippen molar-refractivity contribution in [1.82, 2.24) is 0 Å². The van der Waals surface area contributed by atoms with Crippen LogP contribution in [0, 0.1) is 13.8 Å². The minimum Gasteiger partial charge on any atom is -0.480 e. The zero-order valence-corrected chi connectivity index (χ0v) is 16.0. The molecule has 0 saturated carbocycles. The molecule has 3 aromatic rings. The Hall–Kier alpha value is -3.54. The molecular formula is C22H22N2O4. The van der Waals surface area contributed by atoms with E-state index in [1.54, 1.807) is 43.3 Å². The molecule has 0 spiro atoms. The van der Waals surface area contributed by atoms with Crippen LogP contribution in [0.3, 0.4) is 0 Å². The van der Waals surface area contributed by atoms with E-state index in [4.69, 9.17) is 9.15 Å². The zero-order valence-electron chi connectivity index (χ0n) is 16.0. The minimum absolute atomic E-state index is 0.213. The van der Waals surface area contributed by atoms with Gasteiger partial charge in [0.05, 0.1) is 6.26 Å². The van der Waals surface area contributed by atoms with E-state index in [0.717, 1.165) is 11.1 Å². The van der Waals surface area contributed by atoms with Gasteiger partial charge in [-0.3, -0.25) is 9.59 Å². The van der Waals surface area contributed by atoms with Gasteiger partial charge in [-0.05, 0) is 62.2 Å². The Morgan fingerprint density at radius 1 is 0.929 bits per heavy atom. The van der Waals surface area contributed by atoms with Crippen molar-refractivity contribution in [2.45, 2.75) is 26.9 Å². The third-order valence-corrected chi connectivity index (χ3v) is 4.21. The van der Waals surface area contributed by atoms with Gasteiger partial charge in [0.15, 0.2) is 11.9 Å². The lowest BCUT2D eigenvalue weighted by Crippen LogP contribution is -2.30. The van der Waals surface area contributed by atoms with Gasteiger partial charge >= 0.3 is 0 Å². The molecule has 2 amide bonds. The van der Waals surface area contributed by atoms with Gasteiger partial charge < -0.3 is 19.8 Å². The van der Waals surface area contributed by atoms with Crippen LogP contribution in [0.15, 0.2) is 65.3 Å². The number of ether oxygens (including phenoxy) is 1. The molecule has 6 heteroatoms. The summed E-state index contributed by atoms with van der Waals surface area (Å²) in [6, 6.07) is 15.9. The lowest BCUT2D eigenvalue weighted by atomic mass is 10.1. The number of amides is 2. The molecule has 1 unspecified atom stereocenters. The Balaban J connectivity index is 1.64. The van der Waals surface area contributed by atoms with E-state index >= 15 is 0 Å². The van der Waals surface area contributed by atoms with Gasteiger partial charge in [0.1, 0.15) is 5.75 Å². The number of furan rings is 1. The van der Waals surface area contributed by atoms with Gasteiger partial charge in [0, 0.05) is 11.4 Å². The Morgan fingerprint density at radius 2 is 1.57 bits per heavy atom. The van der Waals surface area contributed by atoms with Crippen molar-refractivity contribution in [2.24, 2.45) is 0 Å². The summed E-state index contributed by atoms with van der Waals surface area (Å²) in [6.07, 6.45) is 0.754. The summed E-state index contributed by atoms with van der Waals surface area (Å²) < 4.78 is 10.9. The van der Waals surface area contributed by atoms with Crippen molar-refractivity contribution >= 4 is 23.2 Å². The van der Waals surface area contributed by atoms with Crippen LogP contribution in [0.1, 0.15) is 28.6 Å². The second kappa shape index (κ2) is 8.43. The van der Waals surface area contributed by atoms with Crippen LogP contribution in [-0.2, 0) is 4.79 Å². The SMILES string of the molecule is Cc1cccc(C)c1OC(C)C(=O)Nc1cccc(NC(=O)c2ccco2)c1. The van der Waals surface area contributed by atoms with Crippen LogP contribution >= 0.6 is 0 Å². The van der Waals surface area contributed by atoms with Crippen LogP contribution in [0.25, 0.3) is 0 Å². The second-order valence-corrected chi connectivity index (χ2v) is 6.48. The van der Waals surface area contributed by atoms with Crippen LogP contribution < -0.4 is 15.4 Å². The van der Waals surface area contributed by atoms with E-state index in [-0.39, 0.29) is 17.6 Å². The lowest BCUT2D eigenvalue weighted by Gasteiger charge is -2.18. The predicted molar refractivity (Wildman–Crippen MR) is 108 cm³/mol. The van der Waals surface area contributed by atoms with E-state index in [9.17, 15) is 9.59 Å². The van der Waals surface area contributed by atoms with E-state index in [1.165, 1.54) is 6.26 Å². The van der Waals surface area contributed by atoms with Crippen molar-refractivity contribution in [2.75, 3.05) is 10.6 Å². The maximum Gasteiger partial charge on any atom is 0.291 e. The molecule has 6 nitrogen and oxygen atoms in total. The Bertz CT molecular complexity index is 960. The topological polar surface area (TPSA) is 80.6 Å². The molecular weight excluding hydrogens is 356 g/mol. The van der Waals surface area contributed by atoms with Gasteiger partial charge in [-0.25, -0.2) is 0 Å². The van der Waals surface area contributed by atoms with Gasteiger partial charge in [0.2, 0.25) is 0 Å². The van der Waals surface area contributed by atoms with Crippen molar-refractivity contribution in [3.8, 4) is 5.75 Å². The number of benzene rings is 2. The smallest absolute Gasteiger partial charge is 0.291 e. The third-order valence-electron chi connectivity index (χ3n) is 4.21. The van der Waals surface area contributed by atoms with Crippen LogP contribution in [0.5, 0.6) is 5.75 Å². The minimum atomic E-state index is -0.679. The standard InChI is InChI=1S/C22H22N2O4/c1-14-7-4-8-15(2)20(14)28-16(3)21(25)23-17-9-5-10-18(13-17)24-22(26)19-11-6-12-27-19/h4-13,16H,1-3H3,(H,23,25)(H,24,26).